The Morgan fingerprint density at radius 3 is 2.91 bits per heavy atom. The van der Waals surface area contributed by atoms with E-state index in [1.165, 1.54) is 22.1 Å². The van der Waals surface area contributed by atoms with E-state index in [-0.39, 0.29) is 24.8 Å². The van der Waals surface area contributed by atoms with Crippen molar-refractivity contribution < 1.29 is 13.9 Å². The highest BCUT2D eigenvalue weighted by molar-refractivity contribution is 7.12. The second kappa shape index (κ2) is 6.66. The highest BCUT2D eigenvalue weighted by atomic mass is 32.1. The van der Waals surface area contributed by atoms with Crippen LogP contribution in [-0.2, 0) is 11.3 Å². The van der Waals surface area contributed by atoms with Crippen LogP contribution in [0.25, 0.3) is 10.8 Å². The van der Waals surface area contributed by atoms with Gasteiger partial charge in [0.15, 0.2) is 5.01 Å². The number of rotatable bonds is 5. The number of thiazole rings is 1. The van der Waals surface area contributed by atoms with E-state index in [2.05, 4.69) is 15.1 Å². The highest BCUT2D eigenvalue weighted by Gasteiger charge is 2.21. The number of nitrogens with zero attached hydrogens (tertiary/aromatic N) is 4. The fraction of sp³-hybridized carbons (Fsp3) is 0.200. The minimum Gasteiger partial charge on any atom is -0.460 e. The summed E-state index contributed by atoms with van der Waals surface area (Å²) in [6, 6.07) is 6.32. The Hall–Kier alpha value is -2.61. The SMILES string of the molecule is CCOC(=O)c1nc(-c2nccs2)nn1Cc1ccccc1F. The summed E-state index contributed by atoms with van der Waals surface area (Å²) < 4.78 is 20.2. The van der Waals surface area contributed by atoms with Crippen LogP contribution in [0, 0.1) is 5.82 Å². The van der Waals surface area contributed by atoms with Crippen LogP contribution in [0.5, 0.6) is 0 Å². The van der Waals surface area contributed by atoms with Crippen molar-refractivity contribution in [2.45, 2.75) is 13.5 Å². The van der Waals surface area contributed by atoms with E-state index in [0.29, 0.717) is 16.4 Å². The minimum absolute atomic E-state index is 0.0281. The molecule has 0 radical (unpaired) electrons. The maximum atomic E-state index is 13.8. The molecular weight excluding hydrogens is 319 g/mol. The van der Waals surface area contributed by atoms with Gasteiger partial charge in [-0.25, -0.2) is 18.9 Å². The van der Waals surface area contributed by atoms with Gasteiger partial charge >= 0.3 is 5.97 Å². The zero-order valence-corrected chi connectivity index (χ0v) is 13.1. The summed E-state index contributed by atoms with van der Waals surface area (Å²) in [7, 11) is 0. The van der Waals surface area contributed by atoms with Crippen LogP contribution >= 0.6 is 11.3 Å². The van der Waals surface area contributed by atoms with Crippen molar-refractivity contribution in [1.82, 2.24) is 19.7 Å². The number of carbonyl (C=O) groups excluding carboxylic acids is 1. The molecule has 0 spiro atoms. The highest BCUT2D eigenvalue weighted by Crippen LogP contribution is 2.19. The third-order valence-corrected chi connectivity index (χ3v) is 3.80. The van der Waals surface area contributed by atoms with Gasteiger partial charge in [-0.15, -0.1) is 16.4 Å². The van der Waals surface area contributed by atoms with Crippen molar-refractivity contribution in [1.29, 1.82) is 0 Å². The molecule has 8 heteroatoms. The number of ether oxygens (including phenoxy) is 1. The molecule has 2 heterocycles. The van der Waals surface area contributed by atoms with E-state index in [9.17, 15) is 9.18 Å². The van der Waals surface area contributed by atoms with Crippen molar-refractivity contribution in [2.24, 2.45) is 0 Å². The molecule has 0 N–H and O–H groups in total. The van der Waals surface area contributed by atoms with Gasteiger partial charge in [-0.1, -0.05) is 18.2 Å². The summed E-state index contributed by atoms with van der Waals surface area (Å²) in [5.74, 6) is -0.618. The Labute approximate surface area is 135 Å². The molecule has 0 saturated carbocycles. The smallest absolute Gasteiger partial charge is 0.376 e. The fourth-order valence-corrected chi connectivity index (χ4v) is 2.58. The molecule has 3 rings (SSSR count). The molecule has 3 aromatic rings. The first kappa shape index (κ1) is 15.3. The number of esters is 1. The van der Waals surface area contributed by atoms with Crippen molar-refractivity contribution in [3.63, 3.8) is 0 Å². The van der Waals surface area contributed by atoms with Gasteiger partial charge in [0.25, 0.3) is 0 Å². The van der Waals surface area contributed by atoms with E-state index in [0.717, 1.165) is 0 Å². The predicted molar refractivity (Wildman–Crippen MR) is 82.6 cm³/mol. The third kappa shape index (κ3) is 3.26. The van der Waals surface area contributed by atoms with Gasteiger partial charge in [0.2, 0.25) is 11.6 Å². The molecule has 0 bridgehead atoms. The molecule has 6 nitrogen and oxygen atoms in total. The summed E-state index contributed by atoms with van der Waals surface area (Å²) in [5.41, 5.74) is 0.411. The Balaban J connectivity index is 2.00. The lowest BCUT2D eigenvalue weighted by Crippen LogP contribution is -2.15. The molecule has 118 valence electrons. The number of hydrogen-bond acceptors (Lipinski definition) is 6. The largest absolute Gasteiger partial charge is 0.460 e. The summed E-state index contributed by atoms with van der Waals surface area (Å²) in [4.78, 5) is 20.4. The number of benzene rings is 1. The van der Waals surface area contributed by atoms with Crippen LogP contribution in [0.4, 0.5) is 4.39 Å². The first-order valence-corrected chi connectivity index (χ1v) is 7.82. The molecule has 0 saturated heterocycles. The molecule has 0 amide bonds. The van der Waals surface area contributed by atoms with Crippen molar-refractivity contribution >= 4 is 17.3 Å². The van der Waals surface area contributed by atoms with Crippen LogP contribution in [0.1, 0.15) is 23.1 Å². The first-order chi connectivity index (χ1) is 11.2. The molecule has 0 atom stereocenters. The van der Waals surface area contributed by atoms with Gasteiger partial charge in [0.1, 0.15) is 5.82 Å². The van der Waals surface area contributed by atoms with E-state index in [1.54, 1.807) is 36.7 Å². The lowest BCUT2D eigenvalue weighted by molar-refractivity contribution is 0.0505. The van der Waals surface area contributed by atoms with Gasteiger partial charge < -0.3 is 4.74 Å². The topological polar surface area (TPSA) is 69.9 Å². The predicted octanol–water partition coefficient (Wildman–Crippen LogP) is 2.77. The summed E-state index contributed by atoms with van der Waals surface area (Å²) in [5, 5.41) is 6.65. The number of halogens is 1. The van der Waals surface area contributed by atoms with Crippen molar-refractivity contribution in [2.75, 3.05) is 6.61 Å². The van der Waals surface area contributed by atoms with E-state index < -0.39 is 5.97 Å². The average molecular weight is 332 g/mol. The van der Waals surface area contributed by atoms with Gasteiger partial charge in [0, 0.05) is 17.1 Å². The van der Waals surface area contributed by atoms with Crippen molar-refractivity contribution in [3.8, 4) is 10.8 Å². The zero-order chi connectivity index (χ0) is 16.2. The van der Waals surface area contributed by atoms with E-state index >= 15 is 0 Å². The van der Waals surface area contributed by atoms with Crippen molar-refractivity contribution in [3.05, 3.63) is 53.0 Å². The third-order valence-electron chi connectivity index (χ3n) is 3.03. The Morgan fingerprint density at radius 2 is 2.22 bits per heavy atom. The summed E-state index contributed by atoms with van der Waals surface area (Å²) in [6.07, 6.45) is 1.63. The normalized spacial score (nSPS) is 10.7. The molecular formula is C15H13FN4O2S. The monoisotopic (exact) mass is 332 g/mol. The quantitative estimate of drug-likeness (QED) is 0.672. The second-order valence-electron chi connectivity index (χ2n) is 4.57. The average Bonchev–Trinajstić information content (AvgIpc) is 3.19. The second-order valence-corrected chi connectivity index (χ2v) is 5.46. The molecule has 0 fully saturated rings. The summed E-state index contributed by atoms with van der Waals surface area (Å²) >= 11 is 1.36. The number of aromatic nitrogens is 4. The van der Waals surface area contributed by atoms with E-state index in [1.807, 2.05) is 0 Å². The van der Waals surface area contributed by atoms with E-state index in [4.69, 9.17) is 4.74 Å². The number of hydrogen-bond donors (Lipinski definition) is 0. The maximum absolute atomic E-state index is 13.8. The zero-order valence-electron chi connectivity index (χ0n) is 12.3. The van der Waals surface area contributed by atoms with Crippen LogP contribution in [0.3, 0.4) is 0 Å². The van der Waals surface area contributed by atoms with Gasteiger partial charge in [-0.3, -0.25) is 0 Å². The number of carbonyl (C=O) groups is 1. The Bertz CT molecular complexity index is 817. The molecule has 0 aliphatic rings. The lowest BCUT2D eigenvalue weighted by Gasteiger charge is -2.06. The fourth-order valence-electron chi connectivity index (χ4n) is 2.01. The molecule has 23 heavy (non-hydrogen) atoms. The van der Waals surface area contributed by atoms with Gasteiger partial charge in [0.05, 0.1) is 13.2 Å². The maximum Gasteiger partial charge on any atom is 0.376 e. The molecule has 1 aromatic carbocycles. The van der Waals surface area contributed by atoms with Crippen LogP contribution in [0.2, 0.25) is 0 Å². The molecule has 2 aromatic heterocycles. The first-order valence-electron chi connectivity index (χ1n) is 6.94. The Morgan fingerprint density at radius 1 is 1.39 bits per heavy atom. The molecule has 0 unspecified atom stereocenters. The molecule has 0 aliphatic heterocycles. The molecule has 0 aliphatic carbocycles. The van der Waals surface area contributed by atoms with Crippen LogP contribution in [-0.4, -0.2) is 32.3 Å². The van der Waals surface area contributed by atoms with Crippen LogP contribution in [0.15, 0.2) is 35.8 Å². The lowest BCUT2D eigenvalue weighted by atomic mass is 10.2. The van der Waals surface area contributed by atoms with Gasteiger partial charge in [-0.05, 0) is 13.0 Å². The van der Waals surface area contributed by atoms with Gasteiger partial charge in [-0.2, -0.15) is 4.98 Å². The van der Waals surface area contributed by atoms with Crippen LogP contribution < -0.4 is 0 Å². The minimum atomic E-state index is -0.598. The standard InChI is InChI=1S/C15H13FN4O2S/c1-2-22-15(21)13-18-12(14-17-7-8-23-14)19-20(13)9-10-5-3-4-6-11(10)16/h3-8H,2,9H2,1H3. The summed E-state index contributed by atoms with van der Waals surface area (Å²) in [6.45, 7) is 2.01. The Kier molecular flexibility index (Phi) is 4.42.